The molecule has 0 unspecified atom stereocenters. The smallest absolute Gasteiger partial charge is 0.339 e. The molecule has 0 aliphatic rings. The predicted molar refractivity (Wildman–Crippen MR) is 71.0 cm³/mol. The van der Waals surface area contributed by atoms with E-state index in [-0.39, 0.29) is 23.8 Å². The molecule has 0 aliphatic heterocycles. The predicted octanol–water partition coefficient (Wildman–Crippen LogP) is 0.517. The lowest BCUT2D eigenvalue weighted by molar-refractivity contribution is -0.137. The summed E-state index contributed by atoms with van der Waals surface area (Å²) in [6.07, 6.45) is 0. The van der Waals surface area contributed by atoms with Crippen molar-refractivity contribution in [1.82, 2.24) is 5.32 Å². The van der Waals surface area contributed by atoms with Crippen molar-refractivity contribution in [1.29, 1.82) is 0 Å². The van der Waals surface area contributed by atoms with E-state index in [0.717, 1.165) is 0 Å². The summed E-state index contributed by atoms with van der Waals surface area (Å²) in [7, 11) is 0. The minimum atomic E-state index is -1.11. The van der Waals surface area contributed by atoms with Gasteiger partial charge in [0, 0.05) is 13.8 Å². The van der Waals surface area contributed by atoms with Gasteiger partial charge in [-0.1, -0.05) is 12.1 Å². The minimum absolute atomic E-state index is 0.0160. The van der Waals surface area contributed by atoms with E-state index in [1.165, 1.54) is 26.0 Å². The van der Waals surface area contributed by atoms with Gasteiger partial charge in [-0.2, -0.15) is 0 Å². The van der Waals surface area contributed by atoms with Gasteiger partial charge in [0.25, 0.3) is 0 Å². The van der Waals surface area contributed by atoms with Crippen molar-refractivity contribution in [3.8, 4) is 5.75 Å². The number of carbonyl (C=O) groups excluding carboxylic acids is 2. The van der Waals surface area contributed by atoms with Crippen LogP contribution >= 0.6 is 0 Å². The van der Waals surface area contributed by atoms with Crippen molar-refractivity contribution in [2.24, 2.45) is 0 Å². The molecule has 8 heteroatoms. The minimum Gasteiger partial charge on any atom is -0.480 e. The highest BCUT2D eigenvalue weighted by atomic mass is 16.5. The first kappa shape index (κ1) is 18.1. The number of ether oxygens (including phenoxy) is 1. The second-order valence-corrected chi connectivity index (χ2v) is 3.70. The topological polar surface area (TPSA) is 130 Å². The van der Waals surface area contributed by atoms with E-state index in [4.69, 9.17) is 10.2 Å². The molecule has 0 bridgehead atoms. The Morgan fingerprint density at radius 1 is 1.10 bits per heavy atom. The number of carbonyl (C=O) groups is 4. The van der Waals surface area contributed by atoms with Gasteiger partial charge in [-0.3, -0.25) is 14.4 Å². The highest BCUT2D eigenvalue weighted by Gasteiger charge is 2.10. The van der Waals surface area contributed by atoms with Crippen molar-refractivity contribution < 1.29 is 34.1 Å². The number of nitrogens with one attached hydrogen (secondary N) is 1. The van der Waals surface area contributed by atoms with Gasteiger partial charge < -0.3 is 20.3 Å². The Labute approximate surface area is 120 Å². The monoisotopic (exact) mass is 297 g/mol. The highest BCUT2D eigenvalue weighted by Crippen LogP contribution is 2.17. The third-order valence-electron chi connectivity index (χ3n) is 1.86. The van der Waals surface area contributed by atoms with E-state index < -0.39 is 17.9 Å². The molecule has 1 amide bonds. The average molecular weight is 297 g/mol. The first-order chi connectivity index (χ1) is 9.73. The number of hydrogen-bond donors (Lipinski definition) is 3. The lowest BCUT2D eigenvalue weighted by atomic mass is 10.2. The van der Waals surface area contributed by atoms with Gasteiger partial charge in [0.2, 0.25) is 5.91 Å². The Morgan fingerprint density at radius 2 is 1.67 bits per heavy atom. The zero-order valence-electron chi connectivity index (χ0n) is 11.5. The summed E-state index contributed by atoms with van der Waals surface area (Å²) in [6.45, 7) is 2.19. The van der Waals surface area contributed by atoms with Crippen LogP contribution in [0, 0.1) is 0 Å². The molecule has 0 atom stereocenters. The molecule has 114 valence electrons. The molecule has 0 aliphatic carbocycles. The largest absolute Gasteiger partial charge is 0.480 e. The summed E-state index contributed by atoms with van der Waals surface area (Å²) in [5.41, 5.74) is -0.0160. The van der Waals surface area contributed by atoms with Crippen molar-refractivity contribution in [2.45, 2.75) is 13.8 Å². The van der Waals surface area contributed by atoms with E-state index in [1.54, 1.807) is 12.1 Å². The molecule has 21 heavy (non-hydrogen) atoms. The lowest BCUT2D eigenvalue weighted by Crippen LogP contribution is -2.26. The van der Waals surface area contributed by atoms with E-state index in [0.29, 0.717) is 0 Å². The van der Waals surface area contributed by atoms with Gasteiger partial charge in [-0.25, -0.2) is 4.79 Å². The van der Waals surface area contributed by atoms with Crippen LogP contribution in [0.25, 0.3) is 0 Å². The van der Waals surface area contributed by atoms with Crippen LogP contribution < -0.4 is 10.1 Å². The fourth-order valence-electron chi connectivity index (χ4n) is 1.09. The Bertz CT molecular complexity index is 525. The Balaban J connectivity index is 0.000000433. The SMILES string of the molecule is CC(=O)NCC(=O)O.CC(=O)Oc1ccccc1C(=O)O. The van der Waals surface area contributed by atoms with Gasteiger partial charge in [0.05, 0.1) is 0 Å². The Morgan fingerprint density at radius 3 is 2.05 bits per heavy atom. The van der Waals surface area contributed by atoms with Crippen LogP contribution in [0.1, 0.15) is 24.2 Å². The molecule has 0 saturated heterocycles. The first-order valence-electron chi connectivity index (χ1n) is 5.71. The number of carboxylic acid groups (broad SMARTS) is 2. The van der Waals surface area contributed by atoms with Crippen LogP contribution in [0.5, 0.6) is 5.75 Å². The molecule has 0 heterocycles. The number of hydrogen-bond acceptors (Lipinski definition) is 5. The quantitative estimate of drug-likeness (QED) is 0.545. The maximum atomic E-state index is 10.6. The zero-order valence-corrected chi connectivity index (χ0v) is 11.5. The highest BCUT2D eigenvalue weighted by molar-refractivity contribution is 5.91. The number of benzene rings is 1. The third-order valence-corrected chi connectivity index (χ3v) is 1.86. The third kappa shape index (κ3) is 8.76. The van der Waals surface area contributed by atoms with E-state index in [2.05, 4.69) is 10.1 Å². The lowest BCUT2D eigenvalue weighted by Gasteiger charge is -2.03. The average Bonchev–Trinajstić information content (AvgIpc) is 2.36. The van der Waals surface area contributed by atoms with Gasteiger partial charge >= 0.3 is 17.9 Å². The summed E-state index contributed by atoms with van der Waals surface area (Å²) in [5.74, 6) is -2.93. The number of aromatic carboxylic acids is 1. The maximum absolute atomic E-state index is 10.6. The van der Waals surface area contributed by atoms with Crippen molar-refractivity contribution in [3.05, 3.63) is 29.8 Å². The standard InChI is InChI=1S/C9H8O4.C4H7NO3/c1-6(10)13-8-5-3-2-4-7(8)9(11)12;1-3(6)5-2-4(7)8/h2-5H,1H3,(H,11,12);2H2,1H3,(H,5,6)(H,7,8). The molecule has 1 aromatic rings. The summed E-state index contributed by atoms with van der Waals surface area (Å²) >= 11 is 0. The normalized spacial score (nSPS) is 8.86. The number of aliphatic carboxylic acids is 1. The summed E-state index contributed by atoms with van der Waals surface area (Å²) in [5, 5.41) is 18.7. The van der Waals surface area contributed by atoms with Crippen LogP contribution in [0.3, 0.4) is 0 Å². The molecule has 0 aromatic heterocycles. The molecule has 0 radical (unpaired) electrons. The molecule has 0 fully saturated rings. The number of para-hydroxylation sites is 1. The fourth-order valence-corrected chi connectivity index (χ4v) is 1.09. The van der Waals surface area contributed by atoms with Gasteiger partial charge in [0.15, 0.2) is 0 Å². The van der Waals surface area contributed by atoms with Gasteiger partial charge in [-0.05, 0) is 12.1 Å². The molecule has 1 aromatic carbocycles. The summed E-state index contributed by atoms with van der Waals surface area (Å²) < 4.78 is 4.69. The van der Waals surface area contributed by atoms with Crippen molar-refractivity contribution in [2.75, 3.05) is 6.54 Å². The van der Waals surface area contributed by atoms with Crippen LogP contribution in [0.2, 0.25) is 0 Å². The molecular formula is C13H15NO7. The number of amides is 1. The second-order valence-electron chi connectivity index (χ2n) is 3.70. The second kappa shape index (κ2) is 9.08. The van der Waals surface area contributed by atoms with Gasteiger partial charge in [0.1, 0.15) is 17.9 Å². The summed E-state index contributed by atoms with van der Waals surface area (Å²) in [6, 6.07) is 5.98. The van der Waals surface area contributed by atoms with Crippen molar-refractivity contribution in [3.63, 3.8) is 0 Å². The van der Waals surface area contributed by atoms with Gasteiger partial charge in [-0.15, -0.1) is 0 Å². The maximum Gasteiger partial charge on any atom is 0.339 e. The first-order valence-corrected chi connectivity index (χ1v) is 5.71. The van der Waals surface area contributed by atoms with Crippen LogP contribution in [-0.2, 0) is 14.4 Å². The molecular weight excluding hydrogens is 282 g/mol. The molecule has 8 nitrogen and oxygen atoms in total. The summed E-state index contributed by atoms with van der Waals surface area (Å²) in [4.78, 5) is 40.8. The zero-order chi connectivity index (χ0) is 16.4. The molecule has 0 spiro atoms. The number of esters is 1. The van der Waals surface area contributed by atoms with Crippen molar-refractivity contribution >= 4 is 23.8 Å². The number of carboxylic acids is 2. The molecule has 0 saturated carbocycles. The van der Waals surface area contributed by atoms with Crippen LogP contribution in [0.4, 0.5) is 0 Å². The van der Waals surface area contributed by atoms with Crippen LogP contribution in [0.15, 0.2) is 24.3 Å². The fraction of sp³-hybridized carbons (Fsp3) is 0.231. The Kier molecular flexibility index (Phi) is 7.82. The van der Waals surface area contributed by atoms with E-state index in [9.17, 15) is 19.2 Å². The Hall–Kier alpha value is -2.90. The molecule has 1 rings (SSSR count). The van der Waals surface area contributed by atoms with E-state index in [1.807, 2.05) is 0 Å². The van der Waals surface area contributed by atoms with E-state index >= 15 is 0 Å². The molecule has 3 N–H and O–H groups in total. The number of rotatable bonds is 4. The van der Waals surface area contributed by atoms with Crippen LogP contribution in [-0.4, -0.2) is 40.6 Å².